The van der Waals surface area contributed by atoms with Gasteiger partial charge in [0.05, 0.1) is 44.0 Å². The molecule has 11 rings (SSSR count). The van der Waals surface area contributed by atoms with Gasteiger partial charge in [0.1, 0.15) is 11.2 Å². The molecule has 0 saturated heterocycles. The normalized spacial score (nSPS) is 11.9. The quantitative estimate of drug-likeness (QED) is 0.188. The topological polar surface area (TPSA) is 54.8 Å². The number of thiophene rings is 1. The van der Waals surface area contributed by atoms with Gasteiger partial charge in [-0.1, -0.05) is 103 Å². The smallest absolute Gasteiger partial charge is 0.147 e. The van der Waals surface area contributed by atoms with Gasteiger partial charge < -0.3 is 8.98 Å². The Kier molecular flexibility index (Phi) is 5.86. The summed E-state index contributed by atoms with van der Waals surface area (Å²) in [5, 5.41) is 17.6. The van der Waals surface area contributed by atoms with Crippen LogP contribution in [-0.2, 0) is 0 Å². The summed E-state index contributed by atoms with van der Waals surface area (Å²) in [4.78, 5) is 5.47. The van der Waals surface area contributed by atoms with Gasteiger partial charge in [-0.05, 0) is 59.7 Å². The highest BCUT2D eigenvalue weighted by molar-refractivity contribution is 7.26. The van der Waals surface area contributed by atoms with Crippen LogP contribution >= 0.6 is 11.3 Å². The van der Waals surface area contributed by atoms with Gasteiger partial charge in [0.25, 0.3) is 0 Å². The van der Waals surface area contributed by atoms with Gasteiger partial charge in [-0.3, -0.25) is 0 Å². The summed E-state index contributed by atoms with van der Waals surface area (Å²) in [6, 6.07) is 55.3. The number of hydrogen-bond acceptors (Lipinski definition) is 4. The van der Waals surface area contributed by atoms with E-state index in [1.807, 2.05) is 30.3 Å². The molecule has 0 aliphatic heterocycles. The molecule has 0 N–H and O–H groups in total. The molecule has 0 atom stereocenters. The van der Waals surface area contributed by atoms with Crippen molar-refractivity contribution < 1.29 is 4.42 Å². The predicted octanol–water partition coefficient (Wildman–Crippen LogP) is 12.8. The summed E-state index contributed by atoms with van der Waals surface area (Å²) in [5.41, 5.74) is 10.7. The molecule has 236 valence electrons. The number of furan rings is 1. The monoisotopic (exact) mass is 667 g/mol. The number of rotatable bonds is 3. The van der Waals surface area contributed by atoms with Crippen molar-refractivity contribution >= 4 is 86.2 Å². The third kappa shape index (κ3) is 4.09. The summed E-state index contributed by atoms with van der Waals surface area (Å²) >= 11 is 1.79. The first-order valence-electron chi connectivity index (χ1n) is 16.9. The van der Waals surface area contributed by atoms with Crippen molar-refractivity contribution in [2.45, 2.75) is 0 Å². The molecule has 0 aliphatic carbocycles. The number of aromatic nitrogens is 2. The minimum atomic E-state index is 0.646. The maximum atomic E-state index is 9.69. The Bertz CT molecular complexity index is 3250. The second kappa shape index (κ2) is 10.6. The van der Waals surface area contributed by atoms with Gasteiger partial charge in [-0.15, -0.1) is 11.3 Å². The highest BCUT2D eigenvalue weighted by atomic mass is 32.1. The van der Waals surface area contributed by atoms with Crippen LogP contribution in [0.15, 0.2) is 156 Å². The number of nitrogens with zero attached hydrogens (tertiary/aromatic N) is 3. The molecule has 0 bridgehead atoms. The van der Waals surface area contributed by atoms with E-state index in [1.165, 1.54) is 20.2 Å². The van der Waals surface area contributed by atoms with Crippen LogP contribution in [0, 0.1) is 11.3 Å². The molecule has 4 aromatic heterocycles. The molecule has 0 spiro atoms. The maximum absolute atomic E-state index is 9.69. The highest BCUT2D eigenvalue weighted by Gasteiger charge is 2.21. The number of pyridine rings is 1. The summed E-state index contributed by atoms with van der Waals surface area (Å²) in [7, 11) is 0. The van der Waals surface area contributed by atoms with Crippen molar-refractivity contribution in [1.82, 2.24) is 9.55 Å². The van der Waals surface area contributed by atoms with Crippen LogP contribution in [0.2, 0.25) is 0 Å². The molecule has 7 aromatic carbocycles. The van der Waals surface area contributed by atoms with Crippen molar-refractivity contribution in [3.63, 3.8) is 0 Å². The fourth-order valence-corrected chi connectivity index (χ4v) is 9.05. The standard InChI is InChI=1S/C46H25N3OS/c47-26-27-14-20-32-33-21-19-30(25-39(33)49(38(32)24-27)31-8-2-1-3-9-31)28-15-17-29(18-16-28)43-42-36-11-4-6-12-40(36)50-45(42)37-23-22-35-34-10-5-7-13-41(34)51-46(35)44(37)48-43/h1-25H. The fourth-order valence-electron chi connectivity index (χ4n) is 7.86. The van der Waals surface area contributed by atoms with Gasteiger partial charge in [0.15, 0.2) is 0 Å². The number of para-hydroxylation sites is 2. The second-order valence-corrected chi connectivity index (χ2v) is 14.1. The van der Waals surface area contributed by atoms with E-state index in [9.17, 15) is 5.26 Å². The molecule has 11 aromatic rings. The molecule has 0 fully saturated rings. The number of nitriles is 1. The van der Waals surface area contributed by atoms with E-state index >= 15 is 0 Å². The fraction of sp³-hybridized carbons (Fsp3) is 0. The van der Waals surface area contributed by atoms with E-state index in [2.05, 4.69) is 132 Å². The maximum Gasteiger partial charge on any atom is 0.147 e. The Morgan fingerprint density at radius 1 is 0.569 bits per heavy atom. The summed E-state index contributed by atoms with van der Waals surface area (Å²) in [5.74, 6) is 0. The Hall–Kier alpha value is -6.74. The zero-order valence-corrected chi connectivity index (χ0v) is 27.9. The molecular weight excluding hydrogens is 643 g/mol. The van der Waals surface area contributed by atoms with Crippen LogP contribution in [0.3, 0.4) is 0 Å². The summed E-state index contributed by atoms with van der Waals surface area (Å²) in [6.07, 6.45) is 0. The SMILES string of the molecule is N#Cc1ccc2c3ccc(-c4ccc(-c5nc6c(ccc7c8ccccc8sc76)c6oc7ccccc7c56)cc4)cc3n(-c3ccccc3)c2c1. The highest BCUT2D eigenvalue weighted by Crippen LogP contribution is 2.44. The van der Waals surface area contributed by atoms with Gasteiger partial charge >= 0.3 is 0 Å². The van der Waals surface area contributed by atoms with Crippen LogP contribution in [0.4, 0.5) is 0 Å². The summed E-state index contributed by atoms with van der Waals surface area (Å²) in [6.45, 7) is 0. The Morgan fingerprint density at radius 3 is 2.08 bits per heavy atom. The molecule has 4 heterocycles. The summed E-state index contributed by atoms with van der Waals surface area (Å²) < 4.78 is 11.3. The molecule has 0 saturated carbocycles. The van der Waals surface area contributed by atoms with Crippen molar-refractivity contribution in [2.75, 3.05) is 0 Å². The van der Waals surface area contributed by atoms with Crippen molar-refractivity contribution in [1.29, 1.82) is 5.26 Å². The molecule has 0 aliphatic rings. The lowest BCUT2D eigenvalue weighted by molar-refractivity contribution is 0.672. The predicted molar refractivity (Wildman–Crippen MR) is 212 cm³/mol. The van der Waals surface area contributed by atoms with E-state index < -0.39 is 0 Å². The first-order valence-corrected chi connectivity index (χ1v) is 17.7. The van der Waals surface area contributed by atoms with Crippen LogP contribution in [-0.4, -0.2) is 9.55 Å². The largest absolute Gasteiger partial charge is 0.455 e. The number of benzene rings is 7. The molecule has 51 heavy (non-hydrogen) atoms. The van der Waals surface area contributed by atoms with Gasteiger partial charge in [-0.25, -0.2) is 4.98 Å². The van der Waals surface area contributed by atoms with Gasteiger partial charge in [-0.2, -0.15) is 5.26 Å². The third-order valence-corrected chi connectivity index (χ3v) is 11.4. The average Bonchev–Trinajstić information content (AvgIpc) is 3.87. The van der Waals surface area contributed by atoms with Gasteiger partial charge in [0.2, 0.25) is 0 Å². The lowest BCUT2D eigenvalue weighted by Crippen LogP contribution is -1.93. The second-order valence-electron chi connectivity index (χ2n) is 13.0. The van der Waals surface area contributed by atoms with Crippen LogP contribution in [0.5, 0.6) is 0 Å². The van der Waals surface area contributed by atoms with Crippen LogP contribution in [0.25, 0.3) is 103 Å². The number of hydrogen-bond donors (Lipinski definition) is 0. The zero-order chi connectivity index (χ0) is 33.6. The van der Waals surface area contributed by atoms with Crippen molar-refractivity contribution in [2.24, 2.45) is 0 Å². The Balaban J connectivity index is 1.11. The zero-order valence-electron chi connectivity index (χ0n) is 27.1. The minimum Gasteiger partial charge on any atom is -0.455 e. The molecular formula is C46H25N3OS. The van der Waals surface area contributed by atoms with Gasteiger partial charge in [0, 0.05) is 48.3 Å². The number of fused-ring (bicyclic) bond motifs is 12. The van der Waals surface area contributed by atoms with E-state index in [0.29, 0.717) is 5.56 Å². The van der Waals surface area contributed by atoms with E-state index in [4.69, 9.17) is 9.40 Å². The molecule has 4 nitrogen and oxygen atoms in total. The molecule has 0 radical (unpaired) electrons. The first kappa shape index (κ1) is 28.1. The molecule has 5 heteroatoms. The minimum absolute atomic E-state index is 0.646. The van der Waals surface area contributed by atoms with Crippen molar-refractivity contribution in [3.05, 3.63) is 157 Å². The van der Waals surface area contributed by atoms with Crippen LogP contribution < -0.4 is 0 Å². The van der Waals surface area contributed by atoms with E-state index in [-0.39, 0.29) is 0 Å². The molecule has 0 amide bonds. The molecule has 0 unspecified atom stereocenters. The van der Waals surface area contributed by atoms with Crippen LogP contribution in [0.1, 0.15) is 5.56 Å². The lowest BCUT2D eigenvalue weighted by atomic mass is 9.98. The lowest BCUT2D eigenvalue weighted by Gasteiger charge is -2.10. The Morgan fingerprint density at radius 2 is 1.24 bits per heavy atom. The third-order valence-electron chi connectivity index (χ3n) is 10.2. The first-order chi connectivity index (χ1) is 25.2. The Labute approximate surface area is 295 Å². The van der Waals surface area contributed by atoms with E-state index in [0.717, 1.165) is 82.7 Å². The van der Waals surface area contributed by atoms with Crippen molar-refractivity contribution in [3.8, 4) is 34.1 Å². The average molecular weight is 668 g/mol. The van der Waals surface area contributed by atoms with E-state index in [1.54, 1.807) is 11.3 Å².